The first-order valence-corrected chi connectivity index (χ1v) is 5.64. The Balaban J connectivity index is 2.70. The highest BCUT2D eigenvalue weighted by Gasteiger charge is 2.35. The van der Waals surface area contributed by atoms with Gasteiger partial charge in [0, 0.05) is 5.56 Å². The summed E-state index contributed by atoms with van der Waals surface area (Å²) in [5.74, 6) is -2.38. The first kappa shape index (κ1) is 14.6. The van der Waals surface area contributed by atoms with E-state index in [4.69, 9.17) is 11.6 Å². The van der Waals surface area contributed by atoms with Crippen molar-refractivity contribution in [3.05, 3.63) is 46.2 Å². The molecule has 0 saturated carbocycles. The molecule has 2 aromatic rings. The lowest BCUT2D eigenvalue weighted by atomic mass is 10.1. The Labute approximate surface area is 115 Å². The van der Waals surface area contributed by atoms with Gasteiger partial charge in [-0.15, -0.1) is 0 Å². The van der Waals surface area contributed by atoms with Gasteiger partial charge in [-0.3, -0.25) is 0 Å². The average Bonchev–Trinajstić information content (AvgIpc) is 2.34. The third-order valence-electron chi connectivity index (χ3n) is 2.50. The molecule has 106 valence electrons. The summed E-state index contributed by atoms with van der Waals surface area (Å²) < 4.78 is 64.9. The van der Waals surface area contributed by atoms with E-state index < -0.39 is 39.9 Å². The fraction of sp³-hybridized carbons (Fsp3) is 0.167. The number of halogens is 6. The van der Waals surface area contributed by atoms with Gasteiger partial charge in [0.2, 0.25) is 0 Å². The lowest BCUT2D eigenvalue weighted by Crippen LogP contribution is -2.09. The van der Waals surface area contributed by atoms with Gasteiger partial charge in [0.05, 0.1) is 11.3 Å². The van der Waals surface area contributed by atoms with Crippen LogP contribution in [0.1, 0.15) is 11.3 Å². The van der Waals surface area contributed by atoms with Crippen LogP contribution in [0.5, 0.6) is 0 Å². The first-order chi connectivity index (χ1) is 9.20. The minimum Gasteiger partial charge on any atom is -0.230 e. The summed E-state index contributed by atoms with van der Waals surface area (Å²) in [5, 5.41) is -0.593. The van der Waals surface area contributed by atoms with Gasteiger partial charge in [0.15, 0.2) is 16.8 Å². The van der Waals surface area contributed by atoms with Crippen LogP contribution in [0, 0.1) is 18.6 Å². The van der Waals surface area contributed by atoms with Crippen molar-refractivity contribution in [2.24, 2.45) is 0 Å². The maximum absolute atomic E-state index is 13.3. The van der Waals surface area contributed by atoms with E-state index in [-0.39, 0.29) is 5.69 Å². The summed E-state index contributed by atoms with van der Waals surface area (Å²) in [6.45, 7) is 1.24. The van der Waals surface area contributed by atoms with Gasteiger partial charge in [-0.05, 0) is 25.1 Å². The highest BCUT2D eigenvalue weighted by molar-refractivity contribution is 6.29. The van der Waals surface area contributed by atoms with E-state index in [1.807, 2.05) is 0 Å². The summed E-state index contributed by atoms with van der Waals surface area (Å²) in [6, 6.07) is 2.03. The number of alkyl halides is 3. The molecule has 0 bridgehead atoms. The van der Waals surface area contributed by atoms with Gasteiger partial charge < -0.3 is 0 Å². The van der Waals surface area contributed by atoms with E-state index in [2.05, 4.69) is 9.97 Å². The van der Waals surface area contributed by atoms with Crippen LogP contribution in [-0.2, 0) is 6.18 Å². The molecule has 0 N–H and O–H groups in total. The largest absolute Gasteiger partial charge is 0.417 e. The van der Waals surface area contributed by atoms with Crippen molar-refractivity contribution in [3.8, 4) is 11.4 Å². The zero-order chi connectivity index (χ0) is 15.1. The van der Waals surface area contributed by atoms with E-state index in [9.17, 15) is 22.0 Å². The van der Waals surface area contributed by atoms with Gasteiger partial charge >= 0.3 is 6.18 Å². The summed E-state index contributed by atoms with van der Waals surface area (Å²) in [7, 11) is 0. The standard InChI is InChI=1S/C12H6ClF5N2/c1-5-9(15)10(13)20-11(19-5)7-3-2-6(14)4-8(7)12(16,17)18/h2-4H,1H3. The second kappa shape index (κ2) is 4.97. The number of aromatic nitrogens is 2. The highest BCUT2D eigenvalue weighted by atomic mass is 35.5. The molecule has 1 aromatic heterocycles. The maximum Gasteiger partial charge on any atom is 0.417 e. The minimum absolute atomic E-state index is 0.197. The van der Waals surface area contributed by atoms with Crippen molar-refractivity contribution in [1.29, 1.82) is 0 Å². The van der Waals surface area contributed by atoms with Crippen LogP contribution in [0.4, 0.5) is 22.0 Å². The zero-order valence-electron chi connectivity index (χ0n) is 9.89. The quantitative estimate of drug-likeness (QED) is 0.576. The Morgan fingerprint density at radius 3 is 2.30 bits per heavy atom. The van der Waals surface area contributed by atoms with Crippen molar-refractivity contribution in [3.63, 3.8) is 0 Å². The Morgan fingerprint density at radius 2 is 1.75 bits per heavy atom. The van der Waals surface area contributed by atoms with E-state index in [1.165, 1.54) is 6.92 Å². The normalized spacial score (nSPS) is 11.8. The molecule has 0 radical (unpaired) electrons. The molecule has 0 amide bonds. The third-order valence-corrected chi connectivity index (χ3v) is 2.75. The van der Waals surface area contributed by atoms with Gasteiger partial charge in [-0.1, -0.05) is 11.6 Å². The lowest BCUT2D eigenvalue weighted by Gasteiger charge is -2.12. The van der Waals surface area contributed by atoms with Gasteiger partial charge in [0.1, 0.15) is 5.82 Å². The maximum atomic E-state index is 13.3. The molecule has 2 rings (SSSR count). The lowest BCUT2D eigenvalue weighted by molar-refractivity contribution is -0.137. The number of benzene rings is 1. The second-order valence-electron chi connectivity index (χ2n) is 3.93. The van der Waals surface area contributed by atoms with E-state index in [0.29, 0.717) is 6.07 Å². The molecule has 1 heterocycles. The summed E-state index contributed by atoms with van der Waals surface area (Å²) in [4.78, 5) is 7.08. The van der Waals surface area contributed by atoms with Crippen molar-refractivity contribution >= 4 is 11.6 Å². The van der Waals surface area contributed by atoms with Crippen molar-refractivity contribution < 1.29 is 22.0 Å². The Morgan fingerprint density at radius 1 is 1.10 bits per heavy atom. The van der Waals surface area contributed by atoms with E-state index >= 15 is 0 Å². The number of hydrogen-bond donors (Lipinski definition) is 0. The summed E-state index contributed by atoms with van der Waals surface area (Å²) in [6.07, 6.45) is -4.80. The molecular weight excluding hydrogens is 303 g/mol. The Hall–Kier alpha value is -1.76. The average molecular weight is 309 g/mol. The molecule has 0 atom stereocenters. The summed E-state index contributed by atoms with van der Waals surface area (Å²) >= 11 is 5.49. The highest BCUT2D eigenvalue weighted by Crippen LogP contribution is 2.36. The predicted octanol–water partition coefficient (Wildman–Crippen LogP) is 4.40. The SMILES string of the molecule is Cc1nc(-c2ccc(F)cc2C(F)(F)F)nc(Cl)c1F. The van der Waals surface area contributed by atoms with Crippen LogP contribution in [-0.4, -0.2) is 9.97 Å². The van der Waals surface area contributed by atoms with Gasteiger partial charge in [-0.2, -0.15) is 13.2 Å². The monoisotopic (exact) mass is 308 g/mol. The van der Waals surface area contributed by atoms with Crippen LogP contribution in [0.25, 0.3) is 11.4 Å². The predicted molar refractivity (Wildman–Crippen MR) is 62.1 cm³/mol. The Bertz CT molecular complexity index is 646. The van der Waals surface area contributed by atoms with Crippen molar-refractivity contribution in [1.82, 2.24) is 9.97 Å². The van der Waals surface area contributed by atoms with Crippen LogP contribution >= 0.6 is 11.6 Å². The molecule has 0 aliphatic heterocycles. The van der Waals surface area contributed by atoms with E-state index in [0.717, 1.165) is 12.1 Å². The molecule has 0 saturated heterocycles. The summed E-state index contributed by atoms with van der Waals surface area (Å²) in [5.41, 5.74) is -1.92. The second-order valence-corrected chi connectivity index (χ2v) is 4.28. The molecule has 0 unspecified atom stereocenters. The van der Waals surface area contributed by atoms with Crippen molar-refractivity contribution in [2.45, 2.75) is 13.1 Å². The number of hydrogen-bond acceptors (Lipinski definition) is 2. The third kappa shape index (κ3) is 2.72. The van der Waals surface area contributed by atoms with Crippen molar-refractivity contribution in [2.75, 3.05) is 0 Å². The first-order valence-electron chi connectivity index (χ1n) is 5.27. The van der Waals surface area contributed by atoms with E-state index in [1.54, 1.807) is 0 Å². The van der Waals surface area contributed by atoms with Gasteiger partial charge in [-0.25, -0.2) is 18.7 Å². The zero-order valence-corrected chi connectivity index (χ0v) is 10.7. The van der Waals surface area contributed by atoms with Gasteiger partial charge in [0.25, 0.3) is 0 Å². The fourth-order valence-electron chi connectivity index (χ4n) is 1.59. The van der Waals surface area contributed by atoms with Crippen LogP contribution in [0.2, 0.25) is 5.15 Å². The molecule has 0 fully saturated rings. The minimum atomic E-state index is -4.80. The molecule has 2 nitrogen and oxygen atoms in total. The topological polar surface area (TPSA) is 25.8 Å². The molecule has 0 aliphatic rings. The fourth-order valence-corrected chi connectivity index (χ4v) is 1.81. The Kier molecular flexibility index (Phi) is 3.64. The smallest absolute Gasteiger partial charge is 0.230 e. The molecule has 0 spiro atoms. The van der Waals surface area contributed by atoms with Crippen LogP contribution in [0.3, 0.4) is 0 Å². The number of aryl methyl sites for hydroxylation is 1. The van der Waals surface area contributed by atoms with Crippen LogP contribution < -0.4 is 0 Å². The number of rotatable bonds is 1. The molecule has 8 heteroatoms. The molecular formula is C12H6ClF5N2. The molecule has 0 aliphatic carbocycles. The molecule has 1 aromatic carbocycles. The molecule has 20 heavy (non-hydrogen) atoms. The van der Waals surface area contributed by atoms with Crippen LogP contribution in [0.15, 0.2) is 18.2 Å². The number of nitrogens with zero attached hydrogens (tertiary/aromatic N) is 2.